The Morgan fingerprint density at radius 1 is 1.03 bits per heavy atom. The van der Waals surface area contributed by atoms with Gasteiger partial charge in [0, 0.05) is 31.9 Å². The Morgan fingerprint density at radius 2 is 1.59 bits per heavy atom. The molecule has 0 unspecified atom stereocenters. The summed E-state index contributed by atoms with van der Waals surface area (Å²) in [5.41, 5.74) is -0.866. The van der Waals surface area contributed by atoms with Crippen LogP contribution in [0.1, 0.15) is 19.5 Å². The normalized spacial score (nSPS) is 15.2. The number of hydrogen-bond acceptors (Lipinski definition) is 7. The Kier molecular flexibility index (Phi) is 6.57. The van der Waals surface area contributed by atoms with Gasteiger partial charge in [-0.05, 0) is 38.1 Å². The first-order chi connectivity index (χ1) is 15.8. The van der Waals surface area contributed by atoms with Crippen molar-refractivity contribution in [3.8, 4) is 11.6 Å². The molecule has 3 rings (SSSR count). The molecular formula is C21H20F3N5O5. The van der Waals surface area contributed by atoms with Crippen LogP contribution < -0.4 is 9.64 Å². The highest BCUT2D eigenvalue weighted by Gasteiger charge is 2.48. The largest absolute Gasteiger partial charge is 0.439 e. The smallest absolute Gasteiger partial charge is 0.433 e. The number of ether oxygens (including phenoxy) is 1. The van der Waals surface area contributed by atoms with Gasteiger partial charge in [-0.2, -0.15) is 13.2 Å². The fraction of sp³-hybridized carbons (Fsp3) is 0.333. The maximum absolute atomic E-state index is 13.2. The number of benzene rings is 1. The molecule has 13 heteroatoms. The molecule has 1 fully saturated rings. The van der Waals surface area contributed by atoms with Gasteiger partial charge in [0.15, 0.2) is 11.6 Å². The highest BCUT2D eigenvalue weighted by molar-refractivity contribution is 6.28. The van der Waals surface area contributed by atoms with Gasteiger partial charge in [-0.15, -0.1) is 0 Å². The van der Waals surface area contributed by atoms with Crippen molar-refractivity contribution < 1.29 is 37.1 Å². The molecule has 0 saturated carbocycles. The lowest BCUT2D eigenvalue weighted by Crippen LogP contribution is -2.61. The average Bonchev–Trinajstić information content (AvgIpc) is 2.77. The molecule has 0 aliphatic carbocycles. The minimum Gasteiger partial charge on any atom is -0.439 e. The number of alkyl halides is 3. The Bertz CT molecular complexity index is 1110. The first kappa shape index (κ1) is 24.6. The van der Waals surface area contributed by atoms with Gasteiger partial charge < -0.3 is 9.64 Å². The zero-order valence-electron chi connectivity index (χ0n) is 18.5. The van der Waals surface area contributed by atoms with Crippen LogP contribution in [-0.4, -0.2) is 63.7 Å². The van der Waals surface area contributed by atoms with E-state index in [1.807, 2.05) is 0 Å². The molecule has 1 aliphatic rings. The fourth-order valence-electron chi connectivity index (χ4n) is 3.28. The standard InChI is InChI=1S/C21H20F3N5O5/c1-11(2)29(19(32)16-17(30)27(3)20(33)28(4)18(16)31)12-5-7-13(8-6-12)34-15-9-14(21(22,23)24)25-10-26-15/h5-11,16H,1-4H3. The summed E-state index contributed by atoms with van der Waals surface area (Å²) in [6.07, 6.45) is -3.94. The topological polar surface area (TPSA) is 113 Å². The second-order valence-corrected chi connectivity index (χ2v) is 7.65. The molecule has 180 valence electrons. The number of anilines is 1. The van der Waals surface area contributed by atoms with Gasteiger partial charge in [0.25, 0.3) is 11.8 Å². The Morgan fingerprint density at radius 3 is 2.09 bits per heavy atom. The summed E-state index contributed by atoms with van der Waals surface area (Å²) in [4.78, 5) is 59.7. The Hall–Kier alpha value is -4.03. The predicted octanol–water partition coefficient (Wildman–Crippen LogP) is 2.70. The van der Waals surface area contributed by atoms with Crippen LogP contribution in [0.5, 0.6) is 11.6 Å². The van der Waals surface area contributed by atoms with Crippen LogP contribution in [0.3, 0.4) is 0 Å². The lowest BCUT2D eigenvalue weighted by Gasteiger charge is -2.36. The van der Waals surface area contributed by atoms with Crippen LogP contribution in [0.15, 0.2) is 36.7 Å². The zero-order valence-corrected chi connectivity index (χ0v) is 18.5. The first-order valence-electron chi connectivity index (χ1n) is 9.92. The number of aromatic nitrogens is 2. The van der Waals surface area contributed by atoms with E-state index in [1.165, 1.54) is 43.3 Å². The molecule has 0 radical (unpaired) electrons. The number of hydrogen-bond donors (Lipinski definition) is 0. The van der Waals surface area contributed by atoms with Crippen molar-refractivity contribution in [3.63, 3.8) is 0 Å². The maximum atomic E-state index is 13.2. The quantitative estimate of drug-likeness (QED) is 0.606. The molecule has 0 atom stereocenters. The number of halogens is 3. The number of nitrogens with zero attached hydrogens (tertiary/aromatic N) is 5. The van der Waals surface area contributed by atoms with Crippen LogP contribution in [0, 0.1) is 5.92 Å². The number of carbonyl (C=O) groups excluding carboxylic acids is 4. The number of amides is 5. The molecule has 34 heavy (non-hydrogen) atoms. The lowest BCUT2D eigenvalue weighted by atomic mass is 10.0. The van der Waals surface area contributed by atoms with Crippen molar-refractivity contribution in [2.75, 3.05) is 19.0 Å². The first-order valence-corrected chi connectivity index (χ1v) is 9.92. The lowest BCUT2D eigenvalue weighted by molar-refractivity contribution is -0.152. The van der Waals surface area contributed by atoms with Crippen molar-refractivity contribution in [2.45, 2.75) is 26.1 Å². The van der Waals surface area contributed by atoms with Gasteiger partial charge >= 0.3 is 12.2 Å². The molecule has 2 aromatic rings. The summed E-state index contributed by atoms with van der Waals surface area (Å²) in [5.74, 6) is -4.63. The highest BCUT2D eigenvalue weighted by atomic mass is 19.4. The average molecular weight is 479 g/mol. The maximum Gasteiger partial charge on any atom is 0.433 e. The molecule has 10 nitrogen and oxygen atoms in total. The number of rotatable bonds is 5. The summed E-state index contributed by atoms with van der Waals surface area (Å²) in [5, 5.41) is 0. The van der Waals surface area contributed by atoms with Crippen LogP contribution in [0.2, 0.25) is 0 Å². The fourth-order valence-corrected chi connectivity index (χ4v) is 3.28. The van der Waals surface area contributed by atoms with E-state index in [0.29, 0.717) is 21.6 Å². The summed E-state index contributed by atoms with van der Waals surface area (Å²) in [7, 11) is 2.36. The summed E-state index contributed by atoms with van der Waals surface area (Å²) in [6.45, 7) is 3.33. The summed E-state index contributed by atoms with van der Waals surface area (Å²) in [6, 6.07) is 4.98. The van der Waals surface area contributed by atoms with E-state index in [9.17, 15) is 32.3 Å². The monoisotopic (exact) mass is 479 g/mol. The predicted molar refractivity (Wildman–Crippen MR) is 111 cm³/mol. The van der Waals surface area contributed by atoms with E-state index >= 15 is 0 Å². The number of imide groups is 2. The molecule has 1 aromatic carbocycles. The van der Waals surface area contributed by atoms with Gasteiger partial charge in [0.1, 0.15) is 12.1 Å². The van der Waals surface area contributed by atoms with Gasteiger partial charge in [-0.3, -0.25) is 24.2 Å². The molecule has 2 heterocycles. The number of barbiturate groups is 1. The molecule has 5 amide bonds. The molecular weight excluding hydrogens is 459 g/mol. The van der Waals surface area contributed by atoms with E-state index in [2.05, 4.69) is 9.97 Å². The SMILES string of the molecule is CC(C)N(C(=O)C1C(=O)N(C)C(=O)N(C)C1=O)c1ccc(Oc2cc(C(F)(F)F)ncn2)cc1. The molecule has 1 aliphatic heterocycles. The minimum atomic E-state index is -4.66. The van der Waals surface area contributed by atoms with E-state index in [4.69, 9.17) is 4.74 Å². The van der Waals surface area contributed by atoms with Crippen molar-refractivity contribution in [2.24, 2.45) is 5.92 Å². The zero-order chi connectivity index (χ0) is 25.4. The third kappa shape index (κ3) is 4.67. The van der Waals surface area contributed by atoms with E-state index in [-0.39, 0.29) is 11.6 Å². The van der Waals surface area contributed by atoms with Gasteiger partial charge in [0.05, 0.1) is 0 Å². The van der Waals surface area contributed by atoms with Crippen molar-refractivity contribution in [3.05, 3.63) is 42.4 Å². The van der Waals surface area contributed by atoms with Gasteiger partial charge in [0.2, 0.25) is 11.8 Å². The van der Waals surface area contributed by atoms with Crippen molar-refractivity contribution in [1.29, 1.82) is 0 Å². The molecule has 1 aromatic heterocycles. The highest BCUT2D eigenvalue weighted by Crippen LogP contribution is 2.31. The molecule has 0 N–H and O–H groups in total. The molecule has 1 saturated heterocycles. The number of carbonyl (C=O) groups is 4. The second kappa shape index (κ2) is 9.08. The Labute approximate surface area is 191 Å². The van der Waals surface area contributed by atoms with Crippen LogP contribution in [0.25, 0.3) is 0 Å². The van der Waals surface area contributed by atoms with Crippen LogP contribution in [0.4, 0.5) is 23.7 Å². The molecule has 0 bridgehead atoms. The van der Waals surface area contributed by atoms with Crippen molar-refractivity contribution >= 4 is 29.4 Å². The molecule has 0 spiro atoms. The van der Waals surface area contributed by atoms with Gasteiger partial charge in [-0.25, -0.2) is 14.8 Å². The Balaban J connectivity index is 1.85. The van der Waals surface area contributed by atoms with Gasteiger partial charge in [-0.1, -0.05) is 0 Å². The van der Waals surface area contributed by atoms with Crippen molar-refractivity contribution in [1.82, 2.24) is 19.8 Å². The van der Waals surface area contributed by atoms with E-state index in [0.717, 1.165) is 6.33 Å². The van der Waals surface area contributed by atoms with E-state index < -0.39 is 47.6 Å². The number of urea groups is 1. The van der Waals surface area contributed by atoms with Crippen LogP contribution >= 0.6 is 0 Å². The van der Waals surface area contributed by atoms with Crippen LogP contribution in [-0.2, 0) is 20.6 Å². The second-order valence-electron chi connectivity index (χ2n) is 7.65. The third-order valence-electron chi connectivity index (χ3n) is 5.00. The summed E-state index contributed by atoms with van der Waals surface area (Å²) < 4.78 is 43.8. The third-order valence-corrected chi connectivity index (χ3v) is 5.00. The minimum absolute atomic E-state index is 0.126. The van der Waals surface area contributed by atoms with E-state index in [1.54, 1.807) is 13.8 Å². The summed E-state index contributed by atoms with van der Waals surface area (Å²) >= 11 is 0.